The maximum atomic E-state index is 13.1. The monoisotopic (exact) mass is 437 g/mol. The molecule has 0 saturated heterocycles. The van der Waals surface area contributed by atoms with E-state index in [0.29, 0.717) is 23.2 Å². The van der Waals surface area contributed by atoms with Gasteiger partial charge in [-0.25, -0.2) is 13.4 Å². The number of rotatable bonds is 7. The molecule has 0 bridgehead atoms. The molecule has 29 heavy (non-hydrogen) atoms. The van der Waals surface area contributed by atoms with E-state index in [2.05, 4.69) is 10.3 Å². The summed E-state index contributed by atoms with van der Waals surface area (Å²) in [7, 11) is -3.50. The predicted octanol–water partition coefficient (Wildman–Crippen LogP) is 3.56. The molecule has 9 heteroatoms. The van der Waals surface area contributed by atoms with Crippen LogP contribution in [0.5, 0.6) is 0 Å². The average molecular weight is 438 g/mol. The number of sulfone groups is 1. The van der Waals surface area contributed by atoms with Gasteiger partial charge in [-0.3, -0.25) is 9.59 Å². The molecule has 158 valence electrons. The van der Waals surface area contributed by atoms with Crippen molar-refractivity contribution in [3.63, 3.8) is 0 Å². The fraction of sp³-hybridized carbons (Fsp3) is 0.550. The number of carbonyl (C=O) groups excluding carboxylic acids is 1. The second kappa shape index (κ2) is 9.21. The topological polar surface area (TPSA) is 98.1 Å². The number of thiazole rings is 1. The Morgan fingerprint density at radius 3 is 2.62 bits per heavy atom. The molecule has 1 fully saturated rings. The van der Waals surface area contributed by atoms with E-state index >= 15 is 0 Å². The Morgan fingerprint density at radius 2 is 2.03 bits per heavy atom. The molecule has 2 heterocycles. The summed E-state index contributed by atoms with van der Waals surface area (Å²) < 4.78 is 25.9. The van der Waals surface area contributed by atoms with E-state index in [0.717, 1.165) is 31.7 Å². The molecule has 2 aromatic rings. The molecule has 1 N–H and O–H groups in total. The van der Waals surface area contributed by atoms with Crippen LogP contribution in [0.1, 0.15) is 57.2 Å². The highest BCUT2D eigenvalue weighted by Crippen LogP contribution is 2.32. The van der Waals surface area contributed by atoms with Gasteiger partial charge in [-0.1, -0.05) is 39.0 Å². The van der Waals surface area contributed by atoms with Gasteiger partial charge in [0.25, 0.3) is 5.56 Å². The summed E-state index contributed by atoms with van der Waals surface area (Å²) in [6, 6.07) is 1.93. The summed E-state index contributed by atoms with van der Waals surface area (Å²) in [6.07, 6.45) is 7.71. The third kappa shape index (κ3) is 5.14. The maximum absolute atomic E-state index is 13.1. The Balaban J connectivity index is 1.98. The lowest BCUT2D eigenvalue weighted by molar-refractivity contribution is -0.120. The van der Waals surface area contributed by atoms with E-state index in [1.165, 1.54) is 28.4 Å². The van der Waals surface area contributed by atoms with Crippen molar-refractivity contribution < 1.29 is 13.2 Å². The molecule has 1 aliphatic carbocycles. The quantitative estimate of drug-likeness (QED) is 0.714. The van der Waals surface area contributed by atoms with Crippen LogP contribution in [0.4, 0.5) is 5.13 Å². The summed E-state index contributed by atoms with van der Waals surface area (Å²) in [5, 5.41) is 5.07. The molecule has 1 atom stereocenters. The molecule has 1 aliphatic rings. The summed E-state index contributed by atoms with van der Waals surface area (Å²) >= 11 is 1.32. The molecule has 0 aromatic carbocycles. The second-order valence-corrected chi connectivity index (χ2v) is 10.7. The standard InChI is InChI=1S/C20H27N3O4S2/c1-3-29(26,27)16-11-14(2)23(18(24)13-16)17(12-15-7-5-4-6-8-15)19(25)22-20-21-9-10-28-20/h9-11,13,15,17H,3-8,12H2,1-2H3,(H,21,22,25)/t17-/m0/s1. The summed E-state index contributed by atoms with van der Waals surface area (Å²) in [6.45, 7) is 3.23. The number of nitrogens with one attached hydrogen (secondary N) is 1. The number of aryl methyl sites for hydroxylation is 1. The first kappa shape index (κ1) is 21.7. The van der Waals surface area contributed by atoms with E-state index in [1.54, 1.807) is 25.4 Å². The largest absolute Gasteiger partial charge is 0.300 e. The third-order valence-electron chi connectivity index (χ3n) is 5.53. The summed E-state index contributed by atoms with van der Waals surface area (Å²) in [5.74, 6) is -0.00526. The Labute approximate surface area is 175 Å². The first-order valence-electron chi connectivity index (χ1n) is 9.98. The van der Waals surface area contributed by atoms with Gasteiger partial charge in [-0.2, -0.15) is 0 Å². The first-order valence-corrected chi connectivity index (χ1v) is 12.5. The van der Waals surface area contributed by atoms with Crippen molar-refractivity contribution in [2.75, 3.05) is 11.1 Å². The van der Waals surface area contributed by atoms with E-state index in [4.69, 9.17) is 0 Å². The van der Waals surface area contributed by atoms with Crippen LogP contribution in [0.15, 0.2) is 33.4 Å². The van der Waals surface area contributed by atoms with Crippen LogP contribution in [0, 0.1) is 12.8 Å². The van der Waals surface area contributed by atoms with Crippen molar-refractivity contribution in [2.45, 2.75) is 63.3 Å². The fourth-order valence-corrected chi connectivity index (χ4v) is 5.47. The van der Waals surface area contributed by atoms with Gasteiger partial charge in [0.1, 0.15) is 6.04 Å². The number of anilines is 1. The molecule has 0 radical (unpaired) electrons. The SMILES string of the molecule is CCS(=O)(=O)c1cc(C)n([C@@H](CC2CCCCC2)C(=O)Nc2nccs2)c(=O)c1. The number of hydrogen-bond donors (Lipinski definition) is 1. The summed E-state index contributed by atoms with van der Waals surface area (Å²) in [5.41, 5.74) is 0.00625. The van der Waals surface area contributed by atoms with Gasteiger partial charge in [-0.15, -0.1) is 11.3 Å². The molecule has 1 amide bonds. The second-order valence-electron chi connectivity index (χ2n) is 7.53. The van der Waals surface area contributed by atoms with Gasteiger partial charge in [0, 0.05) is 23.3 Å². The van der Waals surface area contributed by atoms with Crippen molar-refractivity contribution in [3.05, 3.63) is 39.8 Å². The minimum Gasteiger partial charge on any atom is -0.300 e. The average Bonchev–Trinajstić information content (AvgIpc) is 3.20. The molecule has 0 spiro atoms. The molecule has 0 unspecified atom stereocenters. The van der Waals surface area contributed by atoms with Crippen molar-refractivity contribution in [3.8, 4) is 0 Å². The molecular weight excluding hydrogens is 410 g/mol. The molecule has 0 aliphatic heterocycles. The highest BCUT2D eigenvalue weighted by molar-refractivity contribution is 7.91. The lowest BCUT2D eigenvalue weighted by Gasteiger charge is -2.28. The van der Waals surface area contributed by atoms with E-state index in [-0.39, 0.29) is 16.6 Å². The highest BCUT2D eigenvalue weighted by Gasteiger charge is 2.29. The zero-order chi connectivity index (χ0) is 21.0. The minimum absolute atomic E-state index is 0.00972. The number of carbonyl (C=O) groups is 1. The van der Waals surface area contributed by atoms with Gasteiger partial charge < -0.3 is 9.88 Å². The molecule has 7 nitrogen and oxygen atoms in total. The van der Waals surface area contributed by atoms with Crippen LogP contribution in [-0.4, -0.2) is 29.6 Å². The zero-order valence-corrected chi connectivity index (χ0v) is 18.4. The van der Waals surface area contributed by atoms with Crippen LogP contribution >= 0.6 is 11.3 Å². The van der Waals surface area contributed by atoms with Gasteiger partial charge in [-0.05, 0) is 25.3 Å². The molecular formula is C20H27N3O4S2. The Hall–Kier alpha value is -2.00. The van der Waals surface area contributed by atoms with Crippen molar-refractivity contribution >= 4 is 32.2 Å². The smallest absolute Gasteiger partial charge is 0.252 e. The zero-order valence-electron chi connectivity index (χ0n) is 16.8. The lowest BCUT2D eigenvalue weighted by Crippen LogP contribution is -2.36. The van der Waals surface area contributed by atoms with Gasteiger partial charge in [0.2, 0.25) is 5.91 Å². The number of amides is 1. The van der Waals surface area contributed by atoms with Crippen LogP contribution < -0.4 is 10.9 Å². The van der Waals surface area contributed by atoms with Gasteiger partial charge >= 0.3 is 0 Å². The molecule has 1 saturated carbocycles. The van der Waals surface area contributed by atoms with Gasteiger partial charge in [0.05, 0.1) is 10.6 Å². The van der Waals surface area contributed by atoms with E-state index < -0.39 is 21.4 Å². The summed E-state index contributed by atoms with van der Waals surface area (Å²) in [4.78, 5) is 30.1. The highest BCUT2D eigenvalue weighted by atomic mass is 32.2. The van der Waals surface area contributed by atoms with E-state index in [9.17, 15) is 18.0 Å². The Morgan fingerprint density at radius 1 is 1.31 bits per heavy atom. The van der Waals surface area contributed by atoms with Crippen LogP contribution in [0.3, 0.4) is 0 Å². The normalized spacial score (nSPS) is 16.5. The van der Waals surface area contributed by atoms with E-state index in [1.807, 2.05) is 0 Å². The third-order valence-corrected chi connectivity index (χ3v) is 7.93. The lowest BCUT2D eigenvalue weighted by atomic mass is 9.84. The molecule has 3 rings (SSSR count). The van der Waals surface area contributed by atoms with Crippen LogP contribution in [0.2, 0.25) is 0 Å². The fourth-order valence-electron chi connectivity index (χ4n) is 3.97. The number of hydrogen-bond acceptors (Lipinski definition) is 6. The first-order chi connectivity index (χ1) is 13.8. The van der Waals surface area contributed by atoms with Crippen molar-refractivity contribution in [1.29, 1.82) is 0 Å². The predicted molar refractivity (Wildman–Crippen MR) is 114 cm³/mol. The minimum atomic E-state index is -3.50. The van der Waals surface area contributed by atoms with Crippen LogP contribution in [0.25, 0.3) is 0 Å². The number of aromatic nitrogens is 2. The molecule has 2 aromatic heterocycles. The Bertz CT molecular complexity index is 1010. The van der Waals surface area contributed by atoms with Crippen molar-refractivity contribution in [2.24, 2.45) is 5.92 Å². The van der Waals surface area contributed by atoms with Crippen molar-refractivity contribution in [1.82, 2.24) is 9.55 Å². The Kier molecular flexibility index (Phi) is 6.89. The maximum Gasteiger partial charge on any atom is 0.252 e. The number of pyridine rings is 1. The van der Waals surface area contributed by atoms with Crippen LogP contribution in [-0.2, 0) is 14.6 Å². The van der Waals surface area contributed by atoms with Gasteiger partial charge in [0.15, 0.2) is 15.0 Å². The number of nitrogens with zero attached hydrogens (tertiary/aromatic N) is 2.